The van der Waals surface area contributed by atoms with Gasteiger partial charge in [0.05, 0.1) is 6.54 Å². The molecule has 0 saturated carbocycles. The second-order valence-electron chi connectivity index (χ2n) is 3.25. The lowest BCUT2D eigenvalue weighted by Gasteiger charge is -2.09. The van der Waals surface area contributed by atoms with Crippen molar-refractivity contribution in [3.8, 4) is 0 Å². The van der Waals surface area contributed by atoms with E-state index in [0.29, 0.717) is 0 Å². The number of primary amides is 1. The molecule has 0 fully saturated rings. The van der Waals surface area contributed by atoms with Crippen LogP contribution in [0.15, 0.2) is 12.1 Å². The summed E-state index contributed by atoms with van der Waals surface area (Å²) < 4.78 is 13.4. The Hall–Kier alpha value is -1.95. The number of nitrogens with two attached hydrogens (primary N) is 2. The SMILES string of the molecule is Cc1c(F)cc(C(N)=O)cc1NC(=O)CN. The lowest BCUT2D eigenvalue weighted by atomic mass is 10.1. The van der Waals surface area contributed by atoms with E-state index in [0.717, 1.165) is 6.07 Å². The molecular weight excluding hydrogens is 213 g/mol. The minimum absolute atomic E-state index is 0.00424. The summed E-state index contributed by atoms with van der Waals surface area (Å²) in [5.74, 6) is -1.84. The molecule has 0 aliphatic carbocycles. The monoisotopic (exact) mass is 225 g/mol. The Morgan fingerprint density at radius 2 is 2.06 bits per heavy atom. The standard InChI is InChI=1S/C10H12FN3O2/c1-5-7(11)2-6(10(13)16)3-8(5)14-9(15)4-12/h2-3H,4,12H2,1H3,(H2,13,16)(H,14,15). The summed E-state index contributed by atoms with van der Waals surface area (Å²) in [6.07, 6.45) is 0. The van der Waals surface area contributed by atoms with Crippen LogP contribution in [0.2, 0.25) is 0 Å². The van der Waals surface area contributed by atoms with Gasteiger partial charge in [0.2, 0.25) is 11.8 Å². The third-order valence-corrected chi connectivity index (χ3v) is 2.09. The Kier molecular flexibility index (Phi) is 3.57. The molecule has 1 aromatic rings. The summed E-state index contributed by atoms with van der Waals surface area (Å²) in [6, 6.07) is 2.34. The van der Waals surface area contributed by atoms with Crippen molar-refractivity contribution in [3.05, 3.63) is 29.1 Å². The molecular formula is C10H12FN3O2. The Morgan fingerprint density at radius 1 is 1.44 bits per heavy atom. The van der Waals surface area contributed by atoms with E-state index >= 15 is 0 Å². The maximum Gasteiger partial charge on any atom is 0.248 e. The zero-order valence-electron chi connectivity index (χ0n) is 8.71. The molecule has 5 N–H and O–H groups in total. The fraction of sp³-hybridized carbons (Fsp3) is 0.200. The molecule has 0 unspecified atom stereocenters. The van der Waals surface area contributed by atoms with E-state index in [1.807, 2.05) is 0 Å². The number of rotatable bonds is 3. The molecule has 0 radical (unpaired) electrons. The molecule has 0 heterocycles. The normalized spacial score (nSPS) is 9.94. The highest BCUT2D eigenvalue weighted by molar-refractivity contribution is 5.97. The third-order valence-electron chi connectivity index (χ3n) is 2.09. The molecule has 0 spiro atoms. The lowest BCUT2D eigenvalue weighted by Crippen LogP contribution is -2.23. The molecule has 0 aliphatic rings. The van der Waals surface area contributed by atoms with Gasteiger partial charge in [-0.3, -0.25) is 9.59 Å². The second kappa shape index (κ2) is 4.71. The van der Waals surface area contributed by atoms with E-state index in [4.69, 9.17) is 11.5 Å². The van der Waals surface area contributed by atoms with Crippen LogP contribution >= 0.6 is 0 Å². The van der Waals surface area contributed by atoms with Gasteiger partial charge in [0, 0.05) is 16.8 Å². The fourth-order valence-corrected chi connectivity index (χ4v) is 1.15. The summed E-state index contributed by atoms with van der Waals surface area (Å²) in [7, 11) is 0. The molecule has 1 rings (SSSR count). The molecule has 0 atom stereocenters. The largest absolute Gasteiger partial charge is 0.366 e. The highest BCUT2D eigenvalue weighted by Crippen LogP contribution is 2.20. The van der Waals surface area contributed by atoms with Crippen LogP contribution in [0, 0.1) is 12.7 Å². The van der Waals surface area contributed by atoms with Gasteiger partial charge in [0.15, 0.2) is 0 Å². The highest BCUT2D eigenvalue weighted by atomic mass is 19.1. The number of hydrogen-bond donors (Lipinski definition) is 3. The summed E-state index contributed by atoms with van der Waals surface area (Å²) in [6.45, 7) is 1.26. The van der Waals surface area contributed by atoms with Gasteiger partial charge in [0.25, 0.3) is 0 Å². The van der Waals surface area contributed by atoms with E-state index in [1.165, 1.54) is 13.0 Å². The van der Waals surface area contributed by atoms with Crippen molar-refractivity contribution in [2.75, 3.05) is 11.9 Å². The number of halogens is 1. The lowest BCUT2D eigenvalue weighted by molar-refractivity contribution is -0.114. The second-order valence-corrected chi connectivity index (χ2v) is 3.25. The van der Waals surface area contributed by atoms with Gasteiger partial charge in [0.1, 0.15) is 5.82 Å². The van der Waals surface area contributed by atoms with Crippen molar-refractivity contribution < 1.29 is 14.0 Å². The average Bonchev–Trinajstić information content (AvgIpc) is 2.23. The first-order valence-corrected chi connectivity index (χ1v) is 4.55. The van der Waals surface area contributed by atoms with E-state index < -0.39 is 17.6 Å². The van der Waals surface area contributed by atoms with Crippen molar-refractivity contribution in [1.82, 2.24) is 0 Å². The summed E-state index contributed by atoms with van der Waals surface area (Å²) in [4.78, 5) is 21.9. The van der Waals surface area contributed by atoms with E-state index in [1.54, 1.807) is 0 Å². The summed E-state index contributed by atoms with van der Waals surface area (Å²) in [5.41, 5.74) is 10.6. The van der Waals surface area contributed by atoms with Gasteiger partial charge in [-0.15, -0.1) is 0 Å². The first kappa shape index (κ1) is 12.1. The van der Waals surface area contributed by atoms with E-state index in [9.17, 15) is 14.0 Å². The molecule has 0 aliphatic heterocycles. The third kappa shape index (κ3) is 2.54. The molecule has 86 valence electrons. The molecule has 0 bridgehead atoms. The summed E-state index contributed by atoms with van der Waals surface area (Å²) >= 11 is 0. The van der Waals surface area contributed by atoms with Crippen LogP contribution in [0.4, 0.5) is 10.1 Å². The van der Waals surface area contributed by atoms with Crippen molar-refractivity contribution in [2.45, 2.75) is 6.92 Å². The van der Waals surface area contributed by atoms with E-state index in [2.05, 4.69) is 5.32 Å². The van der Waals surface area contributed by atoms with Crippen LogP contribution in [0.5, 0.6) is 0 Å². The molecule has 0 aromatic heterocycles. The minimum atomic E-state index is -0.762. The van der Waals surface area contributed by atoms with Crippen LogP contribution in [0.3, 0.4) is 0 Å². The smallest absolute Gasteiger partial charge is 0.248 e. The number of hydrogen-bond acceptors (Lipinski definition) is 3. The Bertz CT molecular complexity index is 446. The minimum Gasteiger partial charge on any atom is -0.366 e. The van der Waals surface area contributed by atoms with Gasteiger partial charge in [-0.05, 0) is 19.1 Å². The molecule has 6 heteroatoms. The number of carbonyl (C=O) groups is 2. The van der Waals surface area contributed by atoms with Crippen LogP contribution in [-0.2, 0) is 4.79 Å². The fourth-order valence-electron chi connectivity index (χ4n) is 1.15. The number of carbonyl (C=O) groups excluding carboxylic acids is 2. The van der Waals surface area contributed by atoms with Gasteiger partial charge in [-0.25, -0.2) is 4.39 Å². The molecule has 1 aromatic carbocycles. The van der Waals surface area contributed by atoms with Gasteiger partial charge in [-0.1, -0.05) is 0 Å². The Labute approximate surface area is 91.6 Å². The van der Waals surface area contributed by atoms with Crippen LogP contribution in [0.25, 0.3) is 0 Å². The number of amides is 2. The Morgan fingerprint density at radius 3 is 2.56 bits per heavy atom. The van der Waals surface area contributed by atoms with Crippen molar-refractivity contribution in [3.63, 3.8) is 0 Å². The summed E-state index contributed by atoms with van der Waals surface area (Å²) in [5, 5.41) is 2.38. The molecule has 0 saturated heterocycles. The van der Waals surface area contributed by atoms with Crippen LogP contribution < -0.4 is 16.8 Å². The van der Waals surface area contributed by atoms with Crippen LogP contribution in [-0.4, -0.2) is 18.4 Å². The van der Waals surface area contributed by atoms with Crippen molar-refractivity contribution in [1.29, 1.82) is 0 Å². The van der Waals surface area contributed by atoms with Gasteiger partial charge >= 0.3 is 0 Å². The Balaban J connectivity index is 3.16. The number of benzene rings is 1. The highest BCUT2D eigenvalue weighted by Gasteiger charge is 2.11. The maximum absolute atomic E-state index is 13.4. The zero-order chi connectivity index (χ0) is 12.3. The predicted octanol–water partition coefficient (Wildman–Crippen LogP) is 0.130. The predicted molar refractivity (Wildman–Crippen MR) is 57.3 cm³/mol. The van der Waals surface area contributed by atoms with E-state index in [-0.39, 0.29) is 23.4 Å². The first-order valence-electron chi connectivity index (χ1n) is 4.55. The first-order chi connectivity index (χ1) is 7.45. The van der Waals surface area contributed by atoms with Crippen molar-refractivity contribution >= 4 is 17.5 Å². The van der Waals surface area contributed by atoms with Crippen molar-refractivity contribution in [2.24, 2.45) is 11.5 Å². The number of anilines is 1. The molecule has 2 amide bonds. The van der Waals surface area contributed by atoms with Gasteiger partial charge in [-0.2, -0.15) is 0 Å². The van der Waals surface area contributed by atoms with Gasteiger partial charge < -0.3 is 16.8 Å². The quantitative estimate of drug-likeness (QED) is 0.681. The topological polar surface area (TPSA) is 98.2 Å². The molecule has 5 nitrogen and oxygen atoms in total. The molecule has 16 heavy (non-hydrogen) atoms. The zero-order valence-corrected chi connectivity index (χ0v) is 8.71. The number of nitrogens with one attached hydrogen (secondary N) is 1. The maximum atomic E-state index is 13.4. The van der Waals surface area contributed by atoms with Crippen LogP contribution in [0.1, 0.15) is 15.9 Å². The average molecular weight is 225 g/mol.